The molecule has 1 aromatic rings. The largest absolute Gasteiger partial charge is 0.394 e. The summed E-state index contributed by atoms with van der Waals surface area (Å²) in [5, 5.41) is 33.4. The van der Waals surface area contributed by atoms with Gasteiger partial charge in [-0.15, -0.1) is 0 Å². The van der Waals surface area contributed by atoms with Crippen LogP contribution in [0.1, 0.15) is 68.8 Å². The van der Waals surface area contributed by atoms with Crippen molar-refractivity contribution >= 4 is 53.5 Å². The number of hydrogen-bond acceptors (Lipinski definition) is 12. The fourth-order valence-corrected chi connectivity index (χ4v) is 4.95. The van der Waals surface area contributed by atoms with Crippen LogP contribution in [-0.2, 0) is 44.8 Å². The second-order valence-corrected chi connectivity index (χ2v) is 12.5. The van der Waals surface area contributed by atoms with Crippen molar-refractivity contribution in [2.24, 2.45) is 11.5 Å². The number of rotatable bonds is 24. The number of aldehydes is 1. The first kappa shape index (κ1) is 46.6. The first-order valence-corrected chi connectivity index (χ1v) is 17.4. The predicted octanol–water partition coefficient (Wildman–Crippen LogP) is -4.19. The van der Waals surface area contributed by atoms with Crippen molar-refractivity contribution in [3.8, 4) is 0 Å². The Kier molecular flexibility index (Phi) is 20.7. The molecule has 0 saturated carbocycles. The van der Waals surface area contributed by atoms with Gasteiger partial charge in [0.1, 0.15) is 30.5 Å². The molecule has 1 aromatic carbocycles. The van der Waals surface area contributed by atoms with Crippen molar-refractivity contribution in [1.29, 1.82) is 0 Å². The number of likely N-dealkylation sites (N-methyl/N-ethyl adjacent to an activating group) is 1. The monoisotopic (exact) mass is 763 g/mol. The van der Waals surface area contributed by atoms with E-state index in [-0.39, 0.29) is 5.56 Å². The minimum absolute atomic E-state index is 0.270. The number of unbranched alkanes of at least 4 members (excludes halogenated alkanes) is 3. The van der Waals surface area contributed by atoms with Crippen LogP contribution in [-0.4, -0.2) is 132 Å². The number of benzene rings is 1. The van der Waals surface area contributed by atoms with Crippen LogP contribution in [0.3, 0.4) is 0 Å². The average molecular weight is 764 g/mol. The normalized spacial score (nSPS) is 14.1. The van der Waals surface area contributed by atoms with E-state index < -0.39 is 110 Å². The van der Waals surface area contributed by atoms with Crippen LogP contribution in [0.15, 0.2) is 24.3 Å². The van der Waals surface area contributed by atoms with Crippen LogP contribution in [0.5, 0.6) is 0 Å². The van der Waals surface area contributed by atoms with Crippen molar-refractivity contribution in [1.82, 2.24) is 36.8 Å². The minimum atomic E-state index is -1.85. The molecule has 6 unspecified atom stereocenters. The van der Waals surface area contributed by atoms with Gasteiger partial charge in [0, 0.05) is 12.6 Å². The van der Waals surface area contributed by atoms with Gasteiger partial charge in [-0.25, -0.2) is 0 Å². The number of carbonyl (C=O) groups is 9. The molecule has 8 amide bonds. The van der Waals surface area contributed by atoms with E-state index in [1.165, 1.54) is 6.92 Å². The molecule has 0 saturated heterocycles. The summed E-state index contributed by atoms with van der Waals surface area (Å²) >= 11 is 0. The fourth-order valence-electron chi connectivity index (χ4n) is 4.95. The lowest BCUT2D eigenvalue weighted by Gasteiger charge is -2.30. The maximum Gasteiger partial charge on any atom is 0.258 e. The molecule has 0 aliphatic carbocycles. The van der Waals surface area contributed by atoms with Crippen LogP contribution < -0.4 is 43.4 Å². The highest BCUT2D eigenvalue weighted by molar-refractivity contribution is 5.99. The van der Waals surface area contributed by atoms with E-state index in [1.54, 1.807) is 12.1 Å². The van der Waals surface area contributed by atoms with Gasteiger partial charge >= 0.3 is 0 Å². The zero-order valence-electron chi connectivity index (χ0n) is 30.9. The molecule has 54 heavy (non-hydrogen) atoms. The fraction of sp³-hybridized carbons (Fsp3) is 0.559. The molecule has 6 atom stereocenters. The molecule has 0 bridgehead atoms. The van der Waals surface area contributed by atoms with Crippen molar-refractivity contribution in [3.63, 3.8) is 0 Å². The third-order valence-corrected chi connectivity index (χ3v) is 8.02. The Hall–Kier alpha value is -5.47. The molecule has 20 nitrogen and oxygen atoms in total. The van der Waals surface area contributed by atoms with E-state index in [0.29, 0.717) is 6.29 Å². The van der Waals surface area contributed by atoms with Gasteiger partial charge < -0.3 is 63.3 Å². The molecule has 0 aromatic heterocycles. The summed E-state index contributed by atoms with van der Waals surface area (Å²) in [6.07, 6.45) is 1.60. The van der Waals surface area contributed by atoms with Crippen molar-refractivity contribution in [2.75, 3.05) is 26.7 Å². The summed E-state index contributed by atoms with van der Waals surface area (Å²) in [4.78, 5) is 112. The van der Waals surface area contributed by atoms with E-state index in [0.717, 1.165) is 56.5 Å². The lowest BCUT2D eigenvalue weighted by molar-refractivity contribution is -0.144. The first-order valence-electron chi connectivity index (χ1n) is 17.4. The summed E-state index contributed by atoms with van der Waals surface area (Å²) in [7, 11) is 1.12. The Bertz CT molecular complexity index is 1470. The number of amides is 8. The zero-order valence-corrected chi connectivity index (χ0v) is 30.9. The van der Waals surface area contributed by atoms with Crippen LogP contribution in [0.2, 0.25) is 0 Å². The van der Waals surface area contributed by atoms with Gasteiger partial charge in [0.15, 0.2) is 6.17 Å². The Morgan fingerprint density at radius 2 is 1.46 bits per heavy atom. The maximum atomic E-state index is 13.0. The number of carbonyl (C=O) groups excluding carboxylic acids is 9. The molecule has 0 heterocycles. The van der Waals surface area contributed by atoms with Gasteiger partial charge in [0.2, 0.25) is 35.4 Å². The number of nitrogens with one attached hydrogen (secondary N) is 6. The lowest BCUT2D eigenvalue weighted by Crippen LogP contribution is -2.62. The number of aliphatic hydroxyl groups is 2. The van der Waals surface area contributed by atoms with E-state index >= 15 is 0 Å². The second kappa shape index (κ2) is 24.0. The molecule has 0 radical (unpaired) electrons. The highest BCUT2D eigenvalue weighted by Gasteiger charge is 2.34. The van der Waals surface area contributed by atoms with Crippen LogP contribution in [0, 0.1) is 0 Å². The summed E-state index contributed by atoms with van der Waals surface area (Å²) in [6.45, 7) is 2.67. The molecule has 20 heteroatoms. The highest BCUT2D eigenvalue weighted by Crippen LogP contribution is 2.10. The molecule has 0 fully saturated rings. The quantitative estimate of drug-likeness (QED) is 0.0272. The molecule has 0 aliphatic heterocycles. The van der Waals surface area contributed by atoms with Crippen LogP contribution in [0.4, 0.5) is 0 Å². The number of aryl methyl sites for hydroxylation is 1. The number of aliphatic hydroxyl groups excluding tert-OH is 2. The number of nitrogens with two attached hydrogens (primary N) is 2. The second-order valence-electron chi connectivity index (χ2n) is 12.5. The molecular formula is C34H53N9O11. The van der Waals surface area contributed by atoms with Crippen molar-refractivity contribution < 1.29 is 53.4 Å². The SMILES string of the molecule is CCCCCCc1ccc(C(=O)NC(CO)C(=O)NC(C)C(=O)NCC(=O)N(C)C(C(=O)NC(N)C(=O)NC(CC(N)=O)C(=O)NCC=O)C(C)O)cc1. The van der Waals surface area contributed by atoms with E-state index in [1.807, 2.05) is 12.1 Å². The van der Waals surface area contributed by atoms with Gasteiger partial charge in [-0.2, -0.15) is 0 Å². The number of hydrogen-bond donors (Lipinski definition) is 10. The summed E-state index contributed by atoms with van der Waals surface area (Å²) in [5.41, 5.74) is 12.2. The van der Waals surface area contributed by atoms with Gasteiger partial charge in [-0.05, 0) is 44.4 Å². The van der Waals surface area contributed by atoms with Crippen LogP contribution >= 0.6 is 0 Å². The zero-order chi connectivity index (χ0) is 41.0. The molecule has 300 valence electrons. The average Bonchev–Trinajstić information content (AvgIpc) is 3.12. The topological polar surface area (TPSA) is 322 Å². The van der Waals surface area contributed by atoms with E-state index in [4.69, 9.17) is 11.5 Å². The van der Waals surface area contributed by atoms with Crippen molar-refractivity contribution in [3.05, 3.63) is 35.4 Å². The molecule has 0 spiro atoms. The Morgan fingerprint density at radius 3 is 2.02 bits per heavy atom. The first-order chi connectivity index (χ1) is 25.5. The third-order valence-electron chi connectivity index (χ3n) is 8.02. The summed E-state index contributed by atoms with van der Waals surface area (Å²) in [5.74, 6) is -7.38. The van der Waals surface area contributed by atoms with Gasteiger partial charge in [-0.1, -0.05) is 38.3 Å². The maximum absolute atomic E-state index is 13.0. The van der Waals surface area contributed by atoms with E-state index in [9.17, 15) is 53.4 Å². The third kappa shape index (κ3) is 16.0. The smallest absolute Gasteiger partial charge is 0.258 e. The highest BCUT2D eigenvalue weighted by atomic mass is 16.3. The van der Waals surface area contributed by atoms with Gasteiger partial charge in [0.05, 0.1) is 32.2 Å². The minimum Gasteiger partial charge on any atom is -0.394 e. The Balaban J connectivity index is 2.74. The standard InChI is InChI=1S/C34H53N9O11/c1-5-6-7-8-9-21-10-12-22(13-11-21)30(50)41-24(18-45)32(52)39-19(2)29(49)38-17-26(48)43(4)27(20(3)46)33(53)42-28(36)34(54)40-23(16-25(35)47)31(51)37-14-15-44/h10-13,15,19-20,23-24,27-28,45-46H,5-9,14,16-18,36H2,1-4H3,(H2,35,47)(H,37,51)(H,38,49)(H,39,52)(H,40,54)(H,41,50)(H,42,53). The molecule has 0 aliphatic rings. The van der Waals surface area contributed by atoms with Gasteiger partial charge in [-0.3, -0.25) is 38.4 Å². The number of nitrogens with zero attached hydrogens (tertiary/aromatic N) is 1. The summed E-state index contributed by atoms with van der Waals surface area (Å²) in [6, 6.07) is 1.04. The van der Waals surface area contributed by atoms with Crippen molar-refractivity contribution in [2.45, 2.75) is 95.7 Å². The lowest BCUT2D eigenvalue weighted by atomic mass is 10.0. The number of primary amides is 1. The Morgan fingerprint density at radius 1 is 0.815 bits per heavy atom. The van der Waals surface area contributed by atoms with Gasteiger partial charge in [0.25, 0.3) is 11.8 Å². The molecule has 12 N–H and O–H groups in total. The molecule has 1 rings (SSSR count). The molecular weight excluding hydrogens is 710 g/mol. The van der Waals surface area contributed by atoms with E-state index in [2.05, 4.69) is 38.8 Å². The Labute approximate surface area is 312 Å². The predicted molar refractivity (Wildman–Crippen MR) is 192 cm³/mol. The van der Waals surface area contributed by atoms with Crippen LogP contribution in [0.25, 0.3) is 0 Å². The summed E-state index contributed by atoms with van der Waals surface area (Å²) < 4.78 is 0.